The molecule has 136 valence electrons. The Morgan fingerprint density at radius 2 is 2.00 bits per heavy atom. The van der Waals surface area contributed by atoms with Crippen LogP contribution in [0.15, 0.2) is 22.7 Å². The monoisotopic (exact) mass is 413 g/mol. The molecular formula is C16H20BrN3O5. The molecule has 0 saturated heterocycles. The van der Waals surface area contributed by atoms with E-state index >= 15 is 0 Å². The number of anilines is 1. The summed E-state index contributed by atoms with van der Waals surface area (Å²) in [5, 5.41) is 16.4. The minimum Gasteiger partial charge on any atom is -0.468 e. The molecule has 1 aromatic carbocycles. The third-order valence-electron chi connectivity index (χ3n) is 4.31. The van der Waals surface area contributed by atoms with Crippen molar-refractivity contribution < 1.29 is 19.2 Å². The number of benzene rings is 1. The topological polar surface area (TPSA) is 111 Å². The van der Waals surface area contributed by atoms with E-state index in [0.29, 0.717) is 23.0 Å². The Morgan fingerprint density at radius 1 is 1.32 bits per heavy atom. The predicted octanol–water partition coefficient (Wildman–Crippen LogP) is 2.76. The number of rotatable bonds is 6. The van der Waals surface area contributed by atoms with E-state index in [1.54, 1.807) is 0 Å². The molecule has 0 atom stereocenters. The van der Waals surface area contributed by atoms with E-state index in [1.165, 1.54) is 25.3 Å². The molecule has 1 aliphatic rings. The number of halogens is 1. The number of carbonyl (C=O) groups excluding carboxylic acids is 2. The van der Waals surface area contributed by atoms with Crippen molar-refractivity contribution >= 4 is 39.2 Å². The summed E-state index contributed by atoms with van der Waals surface area (Å²) >= 11 is 3.20. The number of esters is 1. The van der Waals surface area contributed by atoms with Crippen LogP contribution < -0.4 is 10.6 Å². The fourth-order valence-corrected chi connectivity index (χ4v) is 3.43. The van der Waals surface area contributed by atoms with Crippen LogP contribution in [-0.2, 0) is 14.3 Å². The van der Waals surface area contributed by atoms with Crippen molar-refractivity contribution in [3.05, 3.63) is 32.8 Å². The predicted molar refractivity (Wildman–Crippen MR) is 95.3 cm³/mol. The van der Waals surface area contributed by atoms with Crippen LogP contribution in [0, 0.1) is 10.1 Å². The molecule has 0 aromatic heterocycles. The van der Waals surface area contributed by atoms with E-state index in [4.69, 9.17) is 4.74 Å². The van der Waals surface area contributed by atoms with E-state index in [1.807, 2.05) is 0 Å². The van der Waals surface area contributed by atoms with E-state index in [9.17, 15) is 19.7 Å². The first-order valence-electron chi connectivity index (χ1n) is 7.95. The Labute approximate surface area is 153 Å². The largest absolute Gasteiger partial charge is 0.468 e. The lowest BCUT2D eigenvalue weighted by atomic mass is 9.81. The zero-order valence-corrected chi connectivity index (χ0v) is 15.4. The molecule has 0 bridgehead atoms. The third kappa shape index (κ3) is 4.76. The summed E-state index contributed by atoms with van der Waals surface area (Å²) in [5.41, 5.74) is -0.472. The molecular weight excluding hydrogens is 394 g/mol. The van der Waals surface area contributed by atoms with Crippen molar-refractivity contribution in [2.45, 2.75) is 37.6 Å². The first kappa shape index (κ1) is 19.3. The molecule has 2 rings (SSSR count). The molecule has 0 radical (unpaired) electrons. The van der Waals surface area contributed by atoms with Crippen molar-refractivity contribution in [1.29, 1.82) is 0 Å². The molecule has 0 aliphatic heterocycles. The number of amides is 1. The Bertz CT molecular complexity index is 674. The zero-order chi connectivity index (χ0) is 18.4. The lowest BCUT2D eigenvalue weighted by Crippen LogP contribution is -2.55. The van der Waals surface area contributed by atoms with Gasteiger partial charge in [0.25, 0.3) is 5.69 Å². The number of nitrogens with zero attached hydrogens (tertiary/aromatic N) is 1. The lowest BCUT2D eigenvalue weighted by Gasteiger charge is -2.35. The van der Waals surface area contributed by atoms with Gasteiger partial charge in [-0.2, -0.15) is 0 Å². The minimum atomic E-state index is -0.822. The number of nitro groups is 1. The molecule has 0 heterocycles. The highest BCUT2D eigenvalue weighted by molar-refractivity contribution is 9.10. The molecule has 0 spiro atoms. The van der Waals surface area contributed by atoms with Crippen LogP contribution in [0.3, 0.4) is 0 Å². The summed E-state index contributed by atoms with van der Waals surface area (Å²) in [7, 11) is 1.34. The fourth-order valence-electron chi connectivity index (χ4n) is 2.97. The summed E-state index contributed by atoms with van der Waals surface area (Å²) in [5.74, 6) is -0.695. The van der Waals surface area contributed by atoms with E-state index in [2.05, 4.69) is 26.6 Å². The first-order valence-corrected chi connectivity index (χ1v) is 8.74. The molecule has 2 N–H and O–H groups in total. The average molecular weight is 414 g/mol. The van der Waals surface area contributed by atoms with Crippen molar-refractivity contribution in [3.63, 3.8) is 0 Å². The summed E-state index contributed by atoms with van der Waals surface area (Å²) in [4.78, 5) is 34.5. The van der Waals surface area contributed by atoms with Crippen molar-refractivity contribution in [1.82, 2.24) is 5.32 Å². The number of non-ortho nitro benzene ring substituents is 1. The minimum absolute atomic E-state index is 0.0570. The van der Waals surface area contributed by atoms with Crippen molar-refractivity contribution in [2.24, 2.45) is 0 Å². The van der Waals surface area contributed by atoms with Crippen molar-refractivity contribution in [3.8, 4) is 0 Å². The summed E-state index contributed by atoms with van der Waals surface area (Å²) < 4.78 is 5.31. The van der Waals surface area contributed by atoms with Gasteiger partial charge in [-0.05, 0) is 34.8 Å². The van der Waals surface area contributed by atoms with Crippen LogP contribution >= 0.6 is 15.9 Å². The maximum atomic E-state index is 12.2. The van der Waals surface area contributed by atoms with Gasteiger partial charge in [0, 0.05) is 16.6 Å². The Kier molecular flexibility index (Phi) is 6.49. The van der Waals surface area contributed by atoms with Gasteiger partial charge in [-0.3, -0.25) is 25.0 Å². The van der Waals surface area contributed by atoms with Crippen molar-refractivity contribution in [2.75, 3.05) is 19.0 Å². The Morgan fingerprint density at radius 3 is 2.56 bits per heavy atom. The van der Waals surface area contributed by atoms with Crippen LogP contribution in [0.25, 0.3) is 0 Å². The summed E-state index contributed by atoms with van der Waals surface area (Å²) in [6.45, 7) is -0.0570. The van der Waals surface area contributed by atoms with E-state index in [-0.39, 0.29) is 24.1 Å². The number of ether oxygens (including phenoxy) is 1. The quantitative estimate of drug-likeness (QED) is 0.421. The van der Waals surface area contributed by atoms with Gasteiger partial charge in [0.05, 0.1) is 24.3 Å². The highest BCUT2D eigenvalue weighted by atomic mass is 79.9. The van der Waals surface area contributed by atoms with Gasteiger partial charge < -0.3 is 10.1 Å². The first-order chi connectivity index (χ1) is 11.9. The SMILES string of the molecule is COC(=O)C1(NCC(=O)Nc2ccc([N+](=O)[O-])cc2Br)CCCCC1. The van der Waals surface area contributed by atoms with Crippen LogP contribution in [0.5, 0.6) is 0 Å². The van der Waals surface area contributed by atoms with Crippen LogP contribution in [0.4, 0.5) is 11.4 Å². The van der Waals surface area contributed by atoms with Gasteiger partial charge in [-0.1, -0.05) is 19.3 Å². The lowest BCUT2D eigenvalue weighted by molar-refractivity contribution is -0.384. The molecule has 25 heavy (non-hydrogen) atoms. The van der Waals surface area contributed by atoms with E-state index < -0.39 is 10.5 Å². The highest BCUT2D eigenvalue weighted by Crippen LogP contribution is 2.30. The average Bonchev–Trinajstić information content (AvgIpc) is 2.61. The van der Waals surface area contributed by atoms with Gasteiger partial charge >= 0.3 is 5.97 Å². The summed E-state index contributed by atoms with van der Waals surface area (Å²) in [6, 6.07) is 4.09. The normalized spacial score (nSPS) is 16.1. The Hall–Kier alpha value is -2.00. The number of nitro benzene ring substituents is 1. The fraction of sp³-hybridized carbons (Fsp3) is 0.500. The molecule has 0 unspecified atom stereocenters. The molecule has 8 nitrogen and oxygen atoms in total. The number of methoxy groups -OCH3 is 1. The maximum absolute atomic E-state index is 12.2. The van der Waals surface area contributed by atoms with Crippen LogP contribution in [0.1, 0.15) is 32.1 Å². The third-order valence-corrected chi connectivity index (χ3v) is 4.96. The van der Waals surface area contributed by atoms with Crippen LogP contribution in [0.2, 0.25) is 0 Å². The summed E-state index contributed by atoms with van der Waals surface area (Å²) in [6.07, 6.45) is 4.12. The second-order valence-electron chi connectivity index (χ2n) is 5.96. The molecule has 1 aromatic rings. The van der Waals surface area contributed by atoms with Gasteiger partial charge in [0.1, 0.15) is 5.54 Å². The maximum Gasteiger partial charge on any atom is 0.326 e. The molecule has 1 saturated carbocycles. The van der Waals surface area contributed by atoms with Gasteiger partial charge in [-0.15, -0.1) is 0 Å². The Balaban J connectivity index is 1.99. The standard InChI is InChI=1S/C16H20BrN3O5/c1-25-15(22)16(7-3-2-4-8-16)18-10-14(21)19-13-6-5-11(20(23)24)9-12(13)17/h5-6,9,18H,2-4,7-8,10H2,1H3,(H,19,21). The van der Waals surface area contributed by atoms with Gasteiger partial charge in [0.2, 0.25) is 5.91 Å². The zero-order valence-electron chi connectivity index (χ0n) is 13.8. The van der Waals surface area contributed by atoms with Gasteiger partial charge in [-0.25, -0.2) is 0 Å². The number of nitrogens with one attached hydrogen (secondary N) is 2. The highest BCUT2D eigenvalue weighted by Gasteiger charge is 2.40. The van der Waals surface area contributed by atoms with E-state index in [0.717, 1.165) is 19.3 Å². The molecule has 1 aliphatic carbocycles. The number of hydrogen-bond acceptors (Lipinski definition) is 6. The molecule has 9 heteroatoms. The molecule has 1 amide bonds. The molecule has 1 fully saturated rings. The van der Waals surface area contributed by atoms with Gasteiger partial charge in [0.15, 0.2) is 0 Å². The second-order valence-corrected chi connectivity index (χ2v) is 6.81. The second kappa shape index (κ2) is 8.39. The number of carbonyl (C=O) groups is 2. The number of hydrogen-bond donors (Lipinski definition) is 2. The van der Waals surface area contributed by atoms with Crippen LogP contribution in [-0.4, -0.2) is 36.0 Å². The smallest absolute Gasteiger partial charge is 0.326 e.